The van der Waals surface area contributed by atoms with Crippen LogP contribution >= 0.6 is 11.3 Å². The second-order valence-corrected chi connectivity index (χ2v) is 6.38. The Morgan fingerprint density at radius 3 is 3.00 bits per heavy atom. The van der Waals surface area contributed by atoms with Gasteiger partial charge in [0.05, 0.1) is 17.7 Å². The molecule has 0 radical (unpaired) electrons. The molecule has 3 aromatic rings. The molecule has 0 saturated carbocycles. The lowest BCUT2D eigenvalue weighted by molar-refractivity contribution is 0.0944. The Kier molecular flexibility index (Phi) is 5.45. The highest BCUT2D eigenvalue weighted by Crippen LogP contribution is 2.24. The highest BCUT2D eigenvalue weighted by atomic mass is 32.1. The Morgan fingerprint density at radius 2 is 2.25 bits per heavy atom. The summed E-state index contributed by atoms with van der Waals surface area (Å²) in [6, 6.07) is 7.53. The van der Waals surface area contributed by atoms with Crippen molar-refractivity contribution in [3.63, 3.8) is 0 Å². The average Bonchev–Trinajstić information content (AvgIpc) is 3.30. The van der Waals surface area contributed by atoms with Crippen molar-refractivity contribution >= 4 is 17.2 Å². The number of furan rings is 1. The lowest BCUT2D eigenvalue weighted by Gasteiger charge is -2.04. The van der Waals surface area contributed by atoms with Crippen LogP contribution in [0.15, 0.2) is 44.8 Å². The normalized spacial score (nSPS) is 10.9. The van der Waals surface area contributed by atoms with Crippen LogP contribution in [0, 0.1) is 6.92 Å². The van der Waals surface area contributed by atoms with Crippen molar-refractivity contribution < 1.29 is 13.7 Å². The van der Waals surface area contributed by atoms with Crippen molar-refractivity contribution in [2.45, 2.75) is 19.9 Å². The van der Waals surface area contributed by atoms with E-state index in [9.17, 15) is 4.79 Å². The third-order valence-corrected chi connectivity index (χ3v) is 4.29. The van der Waals surface area contributed by atoms with E-state index in [2.05, 4.69) is 15.8 Å². The van der Waals surface area contributed by atoms with Crippen molar-refractivity contribution in [3.05, 3.63) is 52.9 Å². The Morgan fingerprint density at radius 1 is 1.33 bits per heavy atom. The van der Waals surface area contributed by atoms with E-state index in [1.807, 2.05) is 30.5 Å². The maximum atomic E-state index is 12.0. The maximum Gasteiger partial charge on any atom is 0.273 e. The third-order valence-electron chi connectivity index (χ3n) is 3.41. The summed E-state index contributed by atoms with van der Waals surface area (Å²) in [5.74, 6) is 1.31. The van der Waals surface area contributed by atoms with Crippen molar-refractivity contribution in [3.8, 4) is 10.6 Å². The number of nitrogens with one attached hydrogen (secondary N) is 2. The van der Waals surface area contributed by atoms with Crippen molar-refractivity contribution in [1.82, 2.24) is 15.8 Å². The number of amides is 1. The summed E-state index contributed by atoms with van der Waals surface area (Å²) >= 11 is 1.55. The van der Waals surface area contributed by atoms with E-state index in [1.165, 1.54) is 0 Å². The first kappa shape index (κ1) is 16.5. The fraction of sp³-hybridized carbons (Fsp3) is 0.294. The molecule has 0 aliphatic carbocycles. The monoisotopic (exact) mass is 345 g/mol. The van der Waals surface area contributed by atoms with E-state index < -0.39 is 0 Å². The second kappa shape index (κ2) is 7.94. The van der Waals surface area contributed by atoms with Crippen LogP contribution in [0.3, 0.4) is 0 Å². The highest BCUT2D eigenvalue weighted by molar-refractivity contribution is 7.13. The van der Waals surface area contributed by atoms with Gasteiger partial charge in [-0.05, 0) is 43.0 Å². The standard InChI is InChI=1S/C17H19N3O3S/c1-12-8-13(22-11-12)10-18-5-3-6-19-17(21)14-9-15(23-20-14)16-4-2-7-24-16/h2,4,7-9,11,18H,3,5-6,10H2,1H3,(H,19,21). The number of rotatable bonds is 8. The van der Waals surface area contributed by atoms with Gasteiger partial charge in [0.15, 0.2) is 11.5 Å². The predicted octanol–water partition coefficient (Wildman–Crippen LogP) is 3.21. The number of nitrogens with zero attached hydrogens (tertiary/aromatic N) is 1. The first-order valence-corrected chi connectivity index (χ1v) is 8.64. The average molecular weight is 345 g/mol. The van der Waals surface area contributed by atoms with Crippen LogP contribution in [-0.2, 0) is 6.54 Å². The number of aromatic nitrogens is 1. The van der Waals surface area contributed by atoms with E-state index in [4.69, 9.17) is 8.94 Å². The van der Waals surface area contributed by atoms with E-state index in [0.29, 0.717) is 24.5 Å². The number of hydrogen-bond donors (Lipinski definition) is 2. The zero-order valence-electron chi connectivity index (χ0n) is 13.4. The molecule has 0 bridgehead atoms. The smallest absolute Gasteiger partial charge is 0.273 e. The Hall–Kier alpha value is -2.38. The summed E-state index contributed by atoms with van der Waals surface area (Å²) in [5, 5.41) is 11.9. The maximum absolute atomic E-state index is 12.0. The SMILES string of the molecule is Cc1coc(CNCCCNC(=O)c2cc(-c3cccs3)on2)c1. The fourth-order valence-corrected chi connectivity index (χ4v) is 2.89. The Labute approximate surface area is 143 Å². The number of hydrogen-bond acceptors (Lipinski definition) is 6. The number of carbonyl (C=O) groups is 1. The van der Waals surface area contributed by atoms with Gasteiger partial charge in [-0.1, -0.05) is 11.2 Å². The second-order valence-electron chi connectivity index (χ2n) is 5.43. The molecule has 3 aromatic heterocycles. The summed E-state index contributed by atoms with van der Waals surface area (Å²) in [5.41, 5.74) is 1.42. The van der Waals surface area contributed by atoms with E-state index in [0.717, 1.165) is 29.2 Å². The molecule has 24 heavy (non-hydrogen) atoms. The molecular weight excluding hydrogens is 326 g/mol. The molecular formula is C17H19N3O3S. The van der Waals surface area contributed by atoms with Gasteiger partial charge in [0.25, 0.3) is 5.91 Å². The van der Waals surface area contributed by atoms with Crippen LogP contribution < -0.4 is 10.6 Å². The third kappa shape index (κ3) is 4.33. The van der Waals surface area contributed by atoms with Gasteiger partial charge < -0.3 is 19.6 Å². The highest BCUT2D eigenvalue weighted by Gasteiger charge is 2.13. The summed E-state index contributed by atoms with van der Waals surface area (Å²) < 4.78 is 10.6. The van der Waals surface area contributed by atoms with Gasteiger partial charge in [0, 0.05) is 12.6 Å². The van der Waals surface area contributed by atoms with Crippen LogP contribution in [0.4, 0.5) is 0 Å². The first-order valence-electron chi connectivity index (χ1n) is 7.76. The lowest BCUT2D eigenvalue weighted by atomic mass is 10.3. The van der Waals surface area contributed by atoms with E-state index in [1.54, 1.807) is 23.7 Å². The topological polar surface area (TPSA) is 80.3 Å². The molecule has 0 fully saturated rings. The van der Waals surface area contributed by atoms with E-state index >= 15 is 0 Å². The molecule has 0 atom stereocenters. The summed E-state index contributed by atoms with van der Waals surface area (Å²) in [6.45, 7) is 4.05. The molecule has 6 nitrogen and oxygen atoms in total. The summed E-state index contributed by atoms with van der Waals surface area (Å²) in [6.07, 6.45) is 2.56. The van der Waals surface area contributed by atoms with Crippen LogP contribution in [0.1, 0.15) is 28.2 Å². The van der Waals surface area contributed by atoms with Gasteiger partial charge in [-0.25, -0.2) is 0 Å². The molecule has 0 spiro atoms. The predicted molar refractivity (Wildman–Crippen MR) is 91.9 cm³/mol. The molecule has 0 aromatic carbocycles. The summed E-state index contributed by atoms with van der Waals surface area (Å²) in [7, 11) is 0. The van der Waals surface area contributed by atoms with Crippen molar-refractivity contribution in [1.29, 1.82) is 0 Å². The quantitative estimate of drug-likeness (QED) is 0.613. The molecule has 1 amide bonds. The molecule has 0 aliphatic heterocycles. The molecule has 3 rings (SSSR count). The van der Waals surface area contributed by atoms with Crippen LogP contribution in [-0.4, -0.2) is 24.2 Å². The molecule has 2 N–H and O–H groups in total. The molecule has 0 unspecified atom stereocenters. The van der Waals surface area contributed by atoms with Gasteiger partial charge in [-0.15, -0.1) is 11.3 Å². The zero-order chi connectivity index (χ0) is 16.8. The van der Waals surface area contributed by atoms with Crippen molar-refractivity contribution in [2.24, 2.45) is 0 Å². The minimum atomic E-state index is -0.219. The minimum Gasteiger partial charge on any atom is -0.468 e. The van der Waals surface area contributed by atoms with Gasteiger partial charge in [-0.2, -0.15) is 0 Å². The van der Waals surface area contributed by atoms with Crippen LogP contribution in [0.2, 0.25) is 0 Å². The van der Waals surface area contributed by atoms with Crippen LogP contribution in [0.25, 0.3) is 10.6 Å². The van der Waals surface area contributed by atoms with E-state index in [-0.39, 0.29) is 5.91 Å². The van der Waals surface area contributed by atoms with Gasteiger partial charge >= 0.3 is 0 Å². The lowest BCUT2D eigenvalue weighted by Crippen LogP contribution is -2.27. The van der Waals surface area contributed by atoms with Gasteiger partial charge in [0.1, 0.15) is 5.76 Å². The number of thiophene rings is 1. The largest absolute Gasteiger partial charge is 0.468 e. The fourth-order valence-electron chi connectivity index (χ4n) is 2.22. The van der Waals surface area contributed by atoms with Gasteiger partial charge in [0.2, 0.25) is 0 Å². The first-order chi connectivity index (χ1) is 11.7. The van der Waals surface area contributed by atoms with Gasteiger partial charge in [-0.3, -0.25) is 4.79 Å². The van der Waals surface area contributed by atoms with Crippen molar-refractivity contribution in [2.75, 3.05) is 13.1 Å². The molecule has 0 saturated heterocycles. The Balaban J connectivity index is 1.35. The van der Waals surface area contributed by atoms with Crippen LogP contribution in [0.5, 0.6) is 0 Å². The number of aryl methyl sites for hydroxylation is 1. The number of carbonyl (C=O) groups excluding carboxylic acids is 1. The zero-order valence-corrected chi connectivity index (χ0v) is 14.2. The minimum absolute atomic E-state index is 0.219. The molecule has 3 heterocycles. The molecule has 0 aliphatic rings. The molecule has 7 heteroatoms. The molecule has 126 valence electrons. The summed E-state index contributed by atoms with van der Waals surface area (Å²) in [4.78, 5) is 13.0. The Bertz CT molecular complexity index is 777.